The summed E-state index contributed by atoms with van der Waals surface area (Å²) in [5.74, 6) is -0.581. The molecule has 1 aromatic carbocycles. The summed E-state index contributed by atoms with van der Waals surface area (Å²) in [5.41, 5.74) is -0.896. The summed E-state index contributed by atoms with van der Waals surface area (Å²) in [4.78, 5) is 11.9. The van der Waals surface area contributed by atoms with Crippen molar-refractivity contribution in [1.29, 1.82) is 0 Å². The van der Waals surface area contributed by atoms with Gasteiger partial charge in [-0.1, -0.05) is 18.9 Å². The Hall–Kier alpha value is -1.56. The van der Waals surface area contributed by atoms with Crippen molar-refractivity contribution in [3.8, 4) is 0 Å². The fraction of sp³-hybridized carbons (Fsp3) is 0.500. The van der Waals surface area contributed by atoms with Gasteiger partial charge in [0.25, 0.3) is 5.91 Å². The zero-order valence-corrected chi connectivity index (χ0v) is 10.8. The topological polar surface area (TPSA) is 49.3 Å². The molecule has 0 spiro atoms. The largest absolute Gasteiger partial charge is 0.416 e. The number of benzene rings is 1. The van der Waals surface area contributed by atoms with E-state index in [0.29, 0.717) is 12.8 Å². The monoisotopic (exact) mass is 287 g/mol. The third-order valence-corrected chi connectivity index (χ3v) is 3.50. The Kier molecular flexibility index (Phi) is 4.32. The molecule has 1 saturated carbocycles. The van der Waals surface area contributed by atoms with Crippen molar-refractivity contribution < 1.29 is 23.1 Å². The minimum atomic E-state index is -4.47. The van der Waals surface area contributed by atoms with E-state index in [1.165, 1.54) is 12.1 Å². The van der Waals surface area contributed by atoms with Crippen molar-refractivity contribution in [3.63, 3.8) is 0 Å². The van der Waals surface area contributed by atoms with Crippen LogP contribution in [-0.4, -0.2) is 23.2 Å². The number of nitrogens with one attached hydrogen (secondary N) is 1. The second-order valence-electron chi connectivity index (χ2n) is 5.01. The summed E-state index contributed by atoms with van der Waals surface area (Å²) >= 11 is 0. The number of hydrogen-bond donors (Lipinski definition) is 2. The van der Waals surface area contributed by atoms with Crippen molar-refractivity contribution >= 4 is 5.91 Å². The number of aliphatic hydroxyl groups is 1. The van der Waals surface area contributed by atoms with E-state index < -0.39 is 23.8 Å². The van der Waals surface area contributed by atoms with Gasteiger partial charge in [0, 0.05) is 5.56 Å². The summed E-state index contributed by atoms with van der Waals surface area (Å²) < 4.78 is 37.7. The highest BCUT2D eigenvalue weighted by Gasteiger charge is 2.31. The molecule has 2 N–H and O–H groups in total. The third-order valence-electron chi connectivity index (χ3n) is 3.50. The van der Waals surface area contributed by atoms with Crippen molar-refractivity contribution in [2.75, 3.05) is 0 Å². The number of carbonyl (C=O) groups is 1. The number of amides is 1. The molecule has 110 valence electrons. The average Bonchev–Trinajstić information content (AvgIpc) is 2.40. The maximum Gasteiger partial charge on any atom is 0.416 e. The lowest BCUT2D eigenvalue weighted by Gasteiger charge is -2.28. The maximum atomic E-state index is 12.6. The van der Waals surface area contributed by atoms with Crippen LogP contribution in [0.4, 0.5) is 13.2 Å². The first-order chi connectivity index (χ1) is 9.38. The number of carbonyl (C=O) groups excluding carboxylic acids is 1. The second-order valence-corrected chi connectivity index (χ2v) is 5.01. The van der Waals surface area contributed by atoms with E-state index >= 15 is 0 Å². The zero-order chi connectivity index (χ0) is 14.8. The number of rotatable bonds is 2. The molecule has 1 amide bonds. The van der Waals surface area contributed by atoms with Gasteiger partial charge in [-0.3, -0.25) is 4.79 Å². The van der Waals surface area contributed by atoms with Gasteiger partial charge in [-0.25, -0.2) is 0 Å². The molecule has 0 radical (unpaired) electrons. The summed E-state index contributed by atoms with van der Waals surface area (Å²) in [7, 11) is 0. The Balaban J connectivity index is 2.09. The van der Waals surface area contributed by atoms with E-state index in [4.69, 9.17) is 0 Å². The van der Waals surface area contributed by atoms with Gasteiger partial charge >= 0.3 is 6.18 Å². The average molecular weight is 287 g/mol. The number of halogens is 3. The van der Waals surface area contributed by atoms with Gasteiger partial charge in [-0.15, -0.1) is 0 Å². The highest BCUT2D eigenvalue weighted by molar-refractivity contribution is 5.94. The highest BCUT2D eigenvalue weighted by Crippen LogP contribution is 2.29. The van der Waals surface area contributed by atoms with Crippen LogP contribution in [-0.2, 0) is 6.18 Å². The van der Waals surface area contributed by atoms with Crippen LogP contribution in [0.25, 0.3) is 0 Å². The predicted octanol–water partition coefficient (Wildman–Crippen LogP) is 2.74. The minimum Gasteiger partial charge on any atom is -0.391 e. The lowest BCUT2D eigenvalue weighted by molar-refractivity contribution is -0.137. The molecule has 0 saturated heterocycles. The van der Waals surface area contributed by atoms with Gasteiger partial charge in [0.05, 0.1) is 17.7 Å². The zero-order valence-electron chi connectivity index (χ0n) is 10.8. The van der Waals surface area contributed by atoms with Crippen molar-refractivity contribution in [2.45, 2.75) is 44.0 Å². The Morgan fingerprint density at radius 1 is 1.25 bits per heavy atom. The Morgan fingerprint density at radius 3 is 2.60 bits per heavy atom. The summed E-state index contributed by atoms with van der Waals surface area (Å²) in [6, 6.07) is 3.90. The molecule has 0 aromatic heterocycles. The van der Waals surface area contributed by atoms with Crippen LogP contribution in [0.1, 0.15) is 41.6 Å². The van der Waals surface area contributed by atoms with Crippen LogP contribution in [0.5, 0.6) is 0 Å². The molecule has 0 aliphatic heterocycles. The molecule has 1 aliphatic carbocycles. The van der Waals surface area contributed by atoms with E-state index in [-0.39, 0.29) is 11.6 Å². The molecule has 1 aromatic rings. The van der Waals surface area contributed by atoms with Crippen molar-refractivity contribution in [1.82, 2.24) is 5.32 Å². The predicted molar refractivity (Wildman–Crippen MR) is 67.2 cm³/mol. The Labute approximate surface area is 114 Å². The normalized spacial score (nSPS) is 23.4. The number of hydrogen-bond acceptors (Lipinski definition) is 2. The molecule has 3 nitrogen and oxygen atoms in total. The first-order valence-electron chi connectivity index (χ1n) is 6.54. The number of alkyl halides is 3. The van der Waals surface area contributed by atoms with Gasteiger partial charge in [-0.05, 0) is 31.0 Å². The van der Waals surface area contributed by atoms with Crippen LogP contribution in [0.3, 0.4) is 0 Å². The Bertz CT molecular complexity index is 488. The lowest BCUT2D eigenvalue weighted by Crippen LogP contribution is -2.45. The van der Waals surface area contributed by atoms with Crippen LogP contribution in [0.15, 0.2) is 24.3 Å². The summed E-state index contributed by atoms with van der Waals surface area (Å²) in [6.45, 7) is 0. The van der Waals surface area contributed by atoms with Gasteiger partial charge < -0.3 is 10.4 Å². The fourth-order valence-corrected chi connectivity index (χ4v) is 2.37. The SMILES string of the molecule is O=C(NC1CCCCC1O)c1cccc(C(F)(F)F)c1. The van der Waals surface area contributed by atoms with E-state index in [2.05, 4.69) is 5.32 Å². The van der Waals surface area contributed by atoms with Crippen LogP contribution in [0.2, 0.25) is 0 Å². The van der Waals surface area contributed by atoms with Crippen LogP contribution < -0.4 is 5.32 Å². The molecule has 0 heterocycles. The van der Waals surface area contributed by atoms with Gasteiger partial charge in [-0.2, -0.15) is 13.2 Å². The minimum absolute atomic E-state index is 0.0439. The molecule has 2 unspecified atom stereocenters. The molecule has 2 atom stereocenters. The van der Waals surface area contributed by atoms with Crippen LogP contribution >= 0.6 is 0 Å². The van der Waals surface area contributed by atoms with E-state index in [0.717, 1.165) is 25.0 Å². The summed E-state index contributed by atoms with van der Waals surface area (Å²) in [6.07, 6.45) is -2.06. The molecule has 1 aliphatic rings. The van der Waals surface area contributed by atoms with Gasteiger partial charge in [0.15, 0.2) is 0 Å². The van der Waals surface area contributed by atoms with Gasteiger partial charge in [0.2, 0.25) is 0 Å². The highest BCUT2D eigenvalue weighted by atomic mass is 19.4. The lowest BCUT2D eigenvalue weighted by atomic mass is 9.92. The molecule has 2 rings (SSSR count). The van der Waals surface area contributed by atoms with E-state index in [9.17, 15) is 23.1 Å². The maximum absolute atomic E-state index is 12.6. The smallest absolute Gasteiger partial charge is 0.391 e. The van der Waals surface area contributed by atoms with Gasteiger partial charge in [0.1, 0.15) is 0 Å². The summed E-state index contributed by atoms with van der Waals surface area (Å²) in [5, 5.41) is 12.4. The standard InChI is InChI=1S/C14H16F3NO2/c15-14(16,17)10-5-3-4-9(8-10)13(20)18-11-6-1-2-7-12(11)19/h3-5,8,11-12,19H,1-2,6-7H2,(H,18,20). The van der Waals surface area contributed by atoms with Crippen molar-refractivity contribution in [2.24, 2.45) is 0 Å². The molecule has 20 heavy (non-hydrogen) atoms. The molecule has 1 fully saturated rings. The molecule has 6 heteroatoms. The molecular formula is C14H16F3NO2. The number of aliphatic hydroxyl groups excluding tert-OH is 1. The fourth-order valence-electron chi connectivity index (χ4n) is 2.37. The quantitative estimate of drug-likeness (QED) is 0.878. The first kappa shape index (κ1) is 14.8. The molecule has 0 bridgehead atoms. The second kappa shape index (κ2) is 5.83. The van der Waals surface area contributed by atoms with E-state index in [1.807, 2.05) is 0 Å². The van der Waals surface area contributed by atoms with Crippen LogP contribution in [0, 0.1) is 0 Å². The van der Waals surface area contributed by atoms with E-state index in [1.54, 1.807) is 0 Å². The van der Waals surface area contributed by atoms with Crippen molar-refractivity contribution in [3.05, 3.63) is 35.4 Å². The first-order valence-corrected chi connectivity index (χ1v) is 6.54. The molecular weight excluding hydrogens is 271 g/mol. The Morgan fingerprint density at radius 2 is 1.95 bits per heavy atom. The third kappa shape index (κ3) is 3.50.